The van der Waals surface area contributed by atoms with Crippen LogP contribution in [0.5, 0.6) is 0 Å². The van der Waals surface area contributed by atoms with E-state index in [1.165, 1.54) is 36.0 Å². The van der Waals surface area contributed by atoms with E-state index < -0.39 is 48.7 Å². The molecule has 5 rings (SSSR count). The molecule has 0 aliphatic carbocycles. The Morgan fingerprint density at radius 1 is 0.581 bits per heavy atom. The summed E-state index contributed by atoms with van der Waals surface area (Å²) in [7, 11) is 0. The van der Waals surface area contributed by atoms with Gasteiger partial charge >= 0.3 is 17.9 Å². The first-order valence-corrected chi connectivity index (χ1v) is 14.8. The highest BCUT2D eigenvalue weighted by molar-refractivity contribution is 7.98. The first kappa shape index (κ1) is 30.0. The fourth-order valence-electron chi connectivity index (χ4n) is 4.57. The number of hydrogen-bond acceptors (Lipinski definition) is 8. The van der Waals surface area contributed by atoms with Crippen molar-refractivity contribution in [1.82, 2.24) is 0 Å². The normalized spacial score (nSPS) is 21.4. The van der Waals surface area contributed by atoms with E-state index in [0.29, 0.717) is 5.75 Å². The van der Waals surface area contributed by atoms with Crippen LogP contribution in [0.2, 0.25) is 0 Å². The number of thioether (sulfide) groups is 1. The van der Waals surface area contributed by atoms with Gasteiger partial charge in [0, 0.05) is 11.5 Å². The summed E-state index contributed by atoms with van der Waals surface area (Å²) in [5, 5.41) is 0. The molecule has 0 saturated carbocycles. The molecule has 4 aromatic carbocycles. The van der Waals surface area contributed by atoms with Gasteiger partial charge in [0.2, 0.25) is 6.36 Å². The van der Waals surface area contributed by atoms with E-state index >= 15 is 4.39 Å². The Bertz CT molecular complexity index is 1490. The van der Waals surface area contributed by atoms with Crippen LogP contribution in [0, 0.1) is 0 Å². The molecule has 1 saturated heterocycles. The molecule has 1 aliphatic rings. The van der Waals surface area contributed by atoms with Crippen molar-refractivity contribution in [3.63, 3.8) is 0 Å². The summed E-state index contributed by atoms with van der Waals surface area (Å²) < 4.78 is 38.8. The molecule has 220 valence electrons. The molecular formula is C34H29FO7S. The van der Waals surface area contributed by atoms with Gasteiger partial charge in [-0.2, -0.15) is 11.8 Å². The van der Waals surface area contributed by atoms with Crippen LogP contribution in [0.3, 0.4) is 0 Å². The lowest BCUT2D eigenvalue weighted by Gasteiger charge is -2.42. The SMILES string of the molecule is O=C(O[C@@H]1[C@@H](OC(=O)c2ccccc2)[C@H](F)O[C@H](CSCc2ccccc2)[C@H]1OC(=O)c1ccccc1)c1ccccc1. The predicted molar refractivity (Wildman–Crippen MR) is 159 cm³/mol. The second-order valence-corrected chi connectivity index (χ2v) is 10.8. The molecule has 9 heteroatoms. The monoisotopic (exact) mass is 600 g/mol. The highest BCUT2D eigenvalue weighted by Crippen LogP contribution is 2.33. The molecule has 0 bridgehead atoms. The summed E-state index contributed by atoms with van der Waals surface area (Å²) in [6.07, 6.45) is -7.74. The lowest BCUT2D eigenvalue weighted by Crippen LogP contribution is -2.61. The fraction of sp³-hybridized carbons (Fsp3) is 0.206. The van der Waals surface area contributed by atoms with Gasteiger partial charge in [-0.3, -0.25) is 0 Å². The Morgan fingerprint density at radius 3 is 1.44 bits per heavy atom. The summed E-state index contributed by atoms with van der Waals surface area (Å²) in [6.45, 7) is 0. The molecule has 1 heterocycles. The van der Waals surface area contributed by atoms with Gasteiger partial charge in [-0.15, -0.1) is 0 Å². The molecule has 0 radical (unpaired) electrons. The van der Waals surface area contributed by atoms with Gasteiger partial charge in [0.15, 0.2) is 18.3 Å². The number of carbonyl (C=O) groups excluding carboxylic acids is 3. The van der Waals surface area contributed by atoms with Crippen molar-refractivity contribution in [2.24, 2.45) is 0 Å². The van der Waals surface area contributed by atoms with Gasteiger partial charge in [-0.25, -0.2) is 18.8 Å². The van der Waals surface area contributed by atoms with E-state index in [1.807, 2.05) is 30.3 Å². The molecule has 1 fully saturated rings. The van der Waals surface area contributed by atoms with Crippen LogP contribution in [0.15, 0.2) is 121 Å². The number of ether oxygens (including phenoxy) is 4. The van der Waals surface area contributed by atoms with Crippen LogP contribution >= 0.6 is 11.8 Å². The average molecular weight is 601 g/mol. The fourth-order valence-corrected chi connectivity index (χ4v) is 5.61. The molecule has 0 aromatic heterocycles. The van der Waals surface area contributed by atoms with Gasteiger partial charge in [-0.05, 0) is 42.0 Å². The zero-order valence-corrected chi connectivity index (χ0v) is 23.8. The molecule has 0 N–H and O–H groups in total. The van der Waals surface area contributed by atoms with Gasteiger partial charge < -0.3 is 18.9 Å². The quantitative estimate of drug-likeness (QED) is 0.155. The predicted octanol–water partition coefficient (Wildman–Crippen LogP) is 6.29. The third kappa shape index (κ3) is 7.88. The van der Waals surface area contributed by atoms with Gasteiger partial charge in [0.1, 0.15) is 6.10 Å². The Morgan fingerprint density at radius 2 is 0.977 bits per heavy atom. The average Bonchev–Trinajstić information content (AvgIpc) is 3.05. The van der Waals surface area contributed by atoms with E-state index in [2.05, 4.69) is 0 Å². The third-order valence-corrected chi connectivity index (χ3v) is 7.83. The lowest BCUT2D eigenvalue weighted by molar-refractivity contribution is -0.250. The highest BCUT2D eigenvalue weighted by Gasteiger charge is 2.53. The summed E-state index contributed by atoms with van der Waals surface area (Å²) >= 11 is 1.44. The minimum Gasteiger partial charge on any atom is -0.452 e. The second-order valence-electron chi connectivity index (χ2n) is 9.73. The van der Waals surface area contributed by atoms with Crippen molar-refractivity contribution in [3.05, 3.63) is 144 Å². The van der Waals surface area contributed by atoms with Crippen LogP contribution in [0.25, 0.3) is 0 Å². The summed E-state index contributed by atoms with van der Waals surface area (Å²) in [5.74, 6) is -1.59. The molecule has 5 atom stereocenters. The Hall–Kier alpha value is -4.47. The summed E-state index contributed by atoms with van der Waals surface area (Å²) in [4.78, 5) is 39.5. The maximum Gasteiger partial charge on any atom is 0.338 e. The van der Waals surface area contributed by atoms with E-state index in [0.717, 1.165) is 5.56 Å². The van der Waals surface area contributed by atoms with Crippen molar-refractivity contribution in [1.29, 1.82) is 0 Å². The number of benzene rings is 4. The van der Waals surface area contributed by atoms with E-state index in [9.17, 15) is 14.4 Å². The van der Waals surface area contributed by atoms with E-state index in [1.54, 1.807) is 66.7 Å². The molecule has 43 heavy (non-hydrogen) atoms. The minimum absolute atomic E-state index is 0.168. The number of halogens is 1. The Kier molecular flexibility index (Phi) is 10.2. The summed E-state index contributed by atoms with van der Waals surface area (Å²) in [6, 6.07) is 34.1. The number of alkyl halides is 1. The second kappa shape index (κ2) is 14.6. The smallest absolute Gasteiger partial charge is 0.338 e. The van der Waals surface area contributed by atoms with Crippen LogP contribution < -0.4 is 0 Å². The van der Waals surface area contributed by atoms with E-state index in [4.69, 9.17) is 18.9 Å². The molecule has 4 aromatic rings. The van der Waals surface area contributed by atoms with Crippen molar-refractivity contribution < 1.29 is 37.7 Å². The zero-order valence-electron chi connectivity index (χ0n) is 23.0. The number of carbonyl (C=O) groups is 3. The lowest BCUT2D eigenvalue weighted by atomic mass is 9.98. The van der Waals surface area contributed by atoms with Gasteiger partial charge in [0.05, 0.1) is 16.7 Å². The number of rotatable bonds is 10. The van der Waals surface area contributed by atoms with Crippen LogP contribution in [0.1, 0.15) is 36.6 Å². The molecule has 0 spiro atoms. The number of hydrogen-bond donors (Lipinski definition) is 0. The summed E-state index contributed by atoms with van der Waals surface area (Å²) in [5.41, 5.74) is 1.65. The van der Waals surface area contributed by atoms with Crippen LogP contribution in [-0.2, 0) is 24.7 Å². The minimum atomic E-state index is -2.17. The van der Waals surface area contributed by atoms with Crippen molar-refractivity contribution in [2.75, 3.05) is 5.75 Å². The van der Waals surface area contributed by atoms with Crippen molar-refractivity contribution in [2.45, 2.75) is 36.5 Å². The highest BCUT2D eigenvalue weighted by atomic mass is 32.2. The topological polar surface area (TPSA) is 88.1 Å². The first-order valence-electron chi connectivity index (χ1n) is 13.7. The zero-order chi connectivity index (χ0) is 30.0. The van der Waals surface area contributed by atoms with Crippen LogP contribution in [-0.4, -0.2) is 54.4 Å². The van der Waals surface area contributed by atoms with Crippen molar-refractivity contribution in [3.8, 4) is 0 Å². The molecule has 0 unspecified atom stereocenters. The first-order chi connectivity index (χ1) is 21.0. The number of esters is 3. The Labute approximate surface area is 252 Å². The van der Waals surface area contributed by atoms with Crippen LogP contribution in [0.4, 0.5) is 4.39 Å². The van der Waals surface area contributed by atoms with Crippen molar-refractivity contribution >= 4 is 29.7 Å². The van der Waals surface area contributed by atoms with Gasteiger partial charge in [-0.1, -0.05) is 84.9 Å². The molecule has 1 aliphatic heterocycles. The maximum absolute atomic E-state index is 15.8. The maximum atomic E-state index is 15.8. The largest absolute Gasteiger partial charge is 0.452 e. The Balaban J connectivity index is 1.45. The third-order valence-electron chi connectivity index (χ3n) is 6.73. The van der Waals surface area contributed by atoms with E-state index in [-0.39, 0.29) is 22.4 Å². The molecule has 7 nitrogen and oxygen atoms in total. The van der Waals surface area contributed by atoms with Gasteiger partial charge in [0.25, 0.3) is 0 Å². The standard InChI is InChI=1S/C34H29FO7S/c35-31-30(42-34(38)26-19-11-4-12-20-26)29(41-33(37)25-17-9-3-10-18-25)28(40-32(36)24-15-7-2-8-16-24)27(39-31)22-43-21-23-13-5-1-6-14-23/h1-20,27-31H,21-22H2/t27-,28-,29+,30-,31-/m1/s1. The molecule has 0 amide bonds. The molecular weight excluding hydrogens is 571 g/mol.